The number of halogens is 1. The number of hydrogen-bond acceptors (Lipinski definition) is 2. The number of nitrogens with one attached hydrogen (secondary N) is 1. The molecule has 0 saturated carbocycles. The number of nitrogens with zero attached hydrogens (tertiary/aromatic N) is 2. The van der Waals surface area contributed by atoms with Gasteiger partial charge in [0.15, 0.2) is 0 Å². The Kier molecular flexibility index (Phi) is 5.11. The lowest BCUT2D eigenvalue weighted by Gasteiger charge is -2.24. The molecule has 1 unspecified atom stereocenters. The summed E-state index contributed by atoms with van der Waals surface area (Å²) in [6.07, 6.45) is 2.14. The molecule has 1 amide bonds. The van der Waals surface area contributed by atoms with Crippen LogP contribution < -0.4 is 5.32 Å². The minimum Gasteiger partial charge on any atom is -0.350 e. The van der Waals surface area contributed by atoms with Gasteiger partial charge in [-0.1, -0.05) is 41.9 Å². The molecule has 130 valence electrons. The first-order chi connectivity index (χ1) is 12.0. The molecule has 5 heteroatoms. The Bertz CT molecular complexity index is 901. The van der Waals surface area contributed by atoms with Gasteiger partial charge in [-0.25, -0.2) is 0 Å². The summed E-state index contributed by atoms with van der Waals surface area (Å²) >= 11 is 6.12. The summed E-state index contributed by atoms with van der Waals surface area (Å²) in [5.74, 6) is -0.155. The number of aryl methyl sites for hydroxylation is 1. The van der Waals surface area contributed by atoms with Gasteiger partial charge in [-0.05, 0) is 37.9 Å². The fourth-order valence-corrected chi connectivity index (χ4v) is 3.36. The smallest absolute Gasteiger partial charge is 0.252 e. The van der Waals surface area contributed by atoms with E-state index in [0.717, 1.165) is 0 Å². The molecule has 1 atom stereocenters. The van der Waals surface area contributed by atoms with Crippen molar-refractivity contribution in [3.05, 3.63) is 70.9 Å². The summed E-state index contributed by atoms with van der Waals surface area (Å²) in [7, 11) is 6.09. The minimum absolute atomic E-state index is 0.0672. The fourth-order valence-electron chi connectivity index (χ4n) is 3.14. The molecule has 0 aliphatic heterocycles. The van der Waals surface area contributed by atoms with Crippen LogP contribution in [-0.2, 0) is 7.05 Å². The second kappa shape index (κ2) is 7.30. The maximum Gasteiger partial charge on any atom is 0.252 e. The Morgan fingerprint density at radius 1 is 1.16 bits per heavy atom. The molecule has 0 saturated heterocycles. The van der Waals surface area contributed by atoms with Crippen LogP contribution in [0.1, 0.15) is 22.0 Å². The lowest BCUT2D eigenvalue weighted by atomic mass is 10.0. The van der Waals surface area contributed by atoms with Crippen LogP contribution in [0.4, 0.5) is 0 Å². The van der Waals surface area contributed by atoms with Gasteiger partial charge < -0.3 is 14.8 Å². The van der Waals surface area contributed by atoms with Crippen molar-refractivity contribution in [3.63, 3.8) is 0 Å². The largest absolute Gasteiger partial charge is 0.350 e. The highest BCUT2D eigenvalue weighted by atomic mass is 35.5. The van der Waals surface area contributed by atoms with E-state index in [0.29, 0.717) is 17.1 Å². The number of carbonyl (C=O) groups is 1. The van der Waals surface area contributed by atoms with E-state index < -0.39 is 0 Å². The molecule has 0 radical (unpaired) electrons. The van der Waals surface area contributed by atoms with Gasteiger partial charge in [0.1, 0.15) is 0 Å². The molecule has 4 nitrogen and oxygen atoms in total. The Morgan fingerprint density at radius 3 is 2.56 bits per heavy atom. The molecule has 25 heavy (non-hydrogen) atoms. The zero-order valence-corrected chi connectivity index (χ0v) is 15.4. The predicted molar refractivity (Wildman–Crippen MR) is 103 cm³/mol. The van der Waals surface area contributed by atoms with Crippen molar-refractivity contribution in [1.29, 1.82) is 0 Å². The Hall–Kier alpha value is -2.30. The summed E-state index contributed by atoms with van der Waals surface area (Å²) in [5.41, 5.74) is 2.88. The van der Waals surface area contributed by atoms with Crippen molar-refractivity contribution in [2.24, 2.45) is 7.05 Å². The average molecular weight is 356 g/mol. The third-order valence-corrected chi connectivity index (χ3v) is 4.81. The Labute approximate surface area is 153 Å². The first-order valence-corrected chi connectivity index (χ1v) is 8.60. The van der Waals surface area contributed by atoms with E-state index in [-0.39, 0.29) is 11.9 Å². The Morgan fingerprint density at radius 2 is 1.84 bits per heavy atom. The first kappa shape index (κ1) is 17.5. The van der Waals surface area contributed by atoms with Crippen molar-refractivity contribution in [2.45, 2.75) is 6.04 Å². The van der Waals surface area contributed by atoms with Gasteiger partial charge in [-0.3, -0.25) is 4.79 Å². The molecule has 1 heterocycles. The predicted octanol–water partition coefficient (Wildman–Crippen LogP) is 3.86. The van der Waals surface area contributed by atoms with E-state index in [1.807, 2.05) is 45.4 Å². The fraction of sp³-hybridized carbons (Fsp3) is 0.250. The van der Waals surface area contributed by atoms with Crippen LogP contribution in [0.15, 0.2) is 54.7 Å². The number of rotatable bonds is 5. The maximum atomic E-state index is 12.5. The maximum absolute atomic E-state index is 12.5. The van der Waals surface area contributed by atoms with Crippen molar-refractivity contribution in [1.82, 2.24) is 14.8 Å². The molecule has 3 aromatic rings. The summed E-state index contributed by atoms with van der Waals surface area (Å²) in [6, 6.07) is 15.5. The third kappa shape index (κ3) is 3.55. The van der Waals surface area contributed by atoms with Crippen molar-refractivity contribution < 1.29 is 4.79 Å². The van der Waals surface area contributed by atoms with Gasteiger partial charge in [-0.15, -0.1) is 0 Å². The van der Waals surface area contributed by atoms with Gasteiger partial charge in [0.05, 0.1) is 16.6 Å². The second-order valence-electron chi connectivity index (χ2n) is 6.38. The monoisotopic (exact) mass is 355 g/mol. The molecule has 1 N–H and O–H groups in total. The van der Waals surface area contributed by atoms with E-state index in [2.05, 4.69) is 33.1 Å². The van der Waals surface area contributed by atoms with Crippen molar-refractivity contribution in [2.75, 3.05) is 20.6 Å². The van der Waals surface area contributed by atoms with Crippen molar-refractivity contribution >= 4 is 28.4 Å². The van der Waals surface area contributed by atoms with Gasteiger partial charge in [0, 0.05) is 30.7 Å². The number of aromatic nitrogens is 1. The zero-order chi connectivity index (χ0) is 18.0. The SMILES string of the molecule is CN(C)C(CNC(=O)c1ccccc1Cl)c1cn(C)c2ccccc12. The Balaban J connectivity index is 1.85. The lowest BCUT2D eigenvalue weighted by molar-refractivity contribution is 0.0942. The molecule has 0 spiro atoms. The molecule has 0 aliphatic carbocycles. The number of hydrogen-bond donors (Lipinski definition) is 1. The second-order valence-corrected chi connectivity index (χ2v) is 6.79. The topological polar surface area (TPSA) is 37.3 Å². The van der Waals surface area contributed by atoms with Crippen LogP contribution in [0.3, 0.4) is 0 Å². The van der Waals surface area contributed by atoms with Crippen molar-refractivity contribution in [3.8, 4) is 0 Å². The minimum atomic E-state index is -0.155. The number of carbonyl (C=O) groups excluding carboxylic acids is 1. The van der Waals surface area contributed by atoms with E-state index in [9.17, 15) is 4.79 Å². The van der Waals surface area contributed by atoms with Crippen LogP contribution in [0.25, 0.3) is 10.9 Å². The van der Waals surface area contributed by atoms with Crippen LogP contribution in [0.5, 0.6) is 0 Å². The van der Waals surface area contributed by atoms with Gasteiger partial charge in [0.25, 0.3) is 5.91 Å². The summed E-state index contributed by atoms with van der Waals surface area (Å²) in [6.45, 7) is 0.505. The van der Waals surface area contributed by atoms with E-state index in [1.165, 1.54) is 16.5 Å². The number of fused-ring (bicyclic) bond motifs is 1. The quantitative estimate of drug-likeness (QED) is 0.754. The number of likely N-dealkylation sites (N-methyl/N-ethyl adjacent to an activating group) is 1. The lowest BCUT2D eigenvalue weighted by Crippen LogP contribution is -2.34. The van der Waals surface area contributed by atoms with Gasteiger partial charge in [0.2, 0.25) is 0 Å². The molecular formula is C20H22ClN3O. The molecule has 0 fully saturated rings. The van der Waals surface area contributed by atoms with Crippen LogP contribution in [0, 0.1) is 0 Å². The number of amides is 1. The summed E-state index contributed by atoms with van der Waals surface area (Å²) in [4.78, 5) is 14.6. The van der Waals surface area contributed by atoms with E-state index in [1.54, 1.807) is 12.1 Å². The van der Waals surface area contributed by atoms with Crippen LogP contribution in [-0.4, -0.2) is 36.0 Å². The highest BCUT2D eigenvalue weighted by Crippen LogP contribution is 2.28. The zero-order valence-electron chi connectivity index (χ0n) is 14.7. The number of para-hydroxylation sites is 1. The normalized spacial score (nSPS) is 12.5. The van der Waals surface area contributed by atoms with Gasteiger partial charge >= 0.3 is 0 Å². The van der Waals surface area contributed by atoms with Gasteiger partial charge in [-0.2, -0.15) is 0 Å². The average Bonchev–Trinajstić information content (AvgIpc) is 2.92. The highest BCUT2D eigenvalue weighted by molar-refractivity contribution is 6.33. The van der Waals surface area contributed by atoms with Crippen LogP contribution in [0.2, 0.25) is 5.02 Å². The van der Waals surface area contributed by atoms with E-state index >= 15 is 0 Å². The molecule has 3 rings (SSSR count). The van der Waals surface area contributed by atoms with Crippen LogP contribution >= 0.6 is 11.6 Å². The standard InChI is InChI=1S/C20H22ClN3O/c1-23(2)19(12-22-20(25)15-9-4-6-10-17(15)21)16-13-24(3)18-11-7-5-8-14(16)18/h4-11,13,19H,12H2,1-3H3,(H,22,25). The molecule has 2 aromatic carbocycles. The highest BCUT2D eigenvalue weighted by Gasteiger charge is 2.20. The first-order valence-electron chi connectivity index (χ1n) is 8.22. The van der Waals surface area contributed by atoms with E-state index in [4.69, 9.17) is 11.6 Å². The number of benzene rings is 2. The summed E-state index contributed by atoms with van der Waals surface area (Å²) in [5, 5.41) is 4.69. The molecule has 0 aliphatic rings. The third-order valence-electron chi connectivity index (χ3n) is 4.48. The molecule has 1 aromatic heterocycles. The molecule has 0 bridgehead atoms. The molecular weight excluding hydrogens is 334 g/mol. The summed E-state index contributed by atoms with van der Waals surface area (Å²) < 4.78 is 2.12.